The third-order valence-corrected chi connectivity index (χ3v) is 9.82. The third kappa shape index (κ3) is 3.58. The predicted octanol–water partition coefficient (Wildman–Crippen LogP) is 6.26. The topological polar surface area (TPSA) is 60.5 Å². The molecule has 2 aromatic rings. The van der Waals surface area contributed by atoms with Gasteiger partial charge in [-0.05, 0) is 80.1 Å². The van der Waals surface area contributed by atoms with E-state index in [0.29, 0.717) is 11.1 Å². The Morgan fingerprint density at radius 2 is 1.45 bits per heavy atom. The van der Waals surface area contributed by atoms with Crippen LogP contribution in [0, 0.1) is 28.1 Å². The summed E-state index contributed by atoms with van der Waals surface area (Å²) in [5.41, 5.74) is 6.02. The quantitative estimate of drug-likeness (QED) is 0.461. The fourth-order valence-electron chi connectivity index (χ4n) is 7.30. The zero-order valence-electron chi connectivity index (χ0n) is 23.4. The van der Waals surface area contributed by atoms with Gasteiger partial charge in [0.1, 0.15) is 12.3 Å². The molecule has 6 heteroatoms. The molecule has 0 radical (unpaired) electrons. The van der Waals surface area contributed by atoms with E-state index < -0.39 is 0 Å². The second-order valence-electron chi connectivity index (χ2n) is 11.2. The van der Waals surface area contributed by atoms with Gasteiger partial charge in [0.05, 0.1) is 23.3 Å². The predicted molar refractivity (Wildman–Crippen MR) is 153 cm³/mol. The maximum absolute atomic E-state index is 9.75. The van der Waals surface area contributed by atoms with Crippen LogP contribution in [0.15, 0.2) is 61.2 Å². The highest BCUT2D eigenvalue weighted by Crippen LogP contribution is 2.61. The molecule has 4 atom stereocenters. The minimum absolute atomic E-state index is 0.0930. The maximum atomic E-state index is 9.75. The van der Waals surface area contributed by atoms with Crippen molar-refractivity contribution in [2.24, 2.45) is 5.41 Å². The second-order valence-corrected chi connectivity index (χ2v) is 11.2. The number of rotatable bonds is 6. The van der Waals surface area contributed by atoms with Crippen LogP contribution in [0.5, 0.6) is 0 Å². The van der Waals surface area contributed by atoms with Gasteiger partial charge in [0.2, 0.25) is 0 Å². The van der Waals surface area contributed by atoms with E-state index in [1.165, 1.54) is 22.5 Å². The molecule has 3 aliphatic heterocycles. The van der Waals surface area contributed by atoms with Crippen LogP contribution in [0.3, 0.4) is 0 Å². The van der Waals surface area contributed by atoms with Gasteiger partial charge in [-0.2, -0.15) is 10.5 Å². The van der Waals surface area contributed by atoms with E-state index in [9.17, 15) is 10.5 Å². The van der Waals surface area contributed by atoms with E-state index in [-0.39, 0.29) is 23.2 Å². The van der Waals surface area contributed by atoms with Gasteiger partial charge in [-0.15, -0.1) is 0 Å². The molecule has 0 bridgehead atoms. The summed E-state index contributed by atoms with van der Waals surface area (Å²) in [7, 11) is 4.28. The highest BCUT2D eigenvalue weighted by molar-refractivity contribution is 5.67. The van der Waals surface area contributed by atoms with Gasteiger partial charge in [0.25, 0.3) is 0 Å². The van der Waals surface area contributed by atoms with Gasteiger partial charge in [0.15, 0.2) is 0 Å². The minimum atomic E-state index is -0.139. The van der Waals surface area contributed by atoms with E-state index >= 15 is 0 Å². The summed E-state index contributed by atoms with van der Waals surface area (Å²) in [6.45, 7) is 9.22. The molecule has 0 saturated carbocycles. The van der Waals surface area contributed by atoms with E-state index in [2.05, 4.69) is 123 Å². The smallest absolute Gasteiger partial charge is 0.112 e. The van der Waals surface area contributed by atoms with Crippen LogP contribution in [0.4, 0.5) is 11.4 Å². The fourth-order valence-corrected chi connectivity index (χ4v) is 7.30. The summed E-state index contributed by atoms with van der Waals surface area (Å²) in [6, 6.07) is 17.1. The zero-order chi connectivity index (χ0) is 27.2. The Bertz CT molecular complexity index is 1380. The van der Waals surface area contributed by atoms with Crippen molar-refractivity contribution in [2.75, 3.05) is 23.9 Å². The minimum Gasteiger partial charge on any atom is -0.359 e. The first-order chi connectivity index (χ1) is 18.2. The number of nitrogens with zero attached hydrogens (tertiary/aromatic N) is 6. The third-order valence-electron chi connectivity index (χ3n) is 9.82. The van der Waals surface area contributed by atoms with Crippen LogP contribution in [0.1, 0.15) is 69.2 Å². The second kappa shape index (κ2) is 9.44. The average Bonchev–Trinajstić information content (AvgIpc) is 3.50. The highest BCUT2D eigenvalue weighted by atomic mass is 15.4. The summed E-state index contributed by atoms with van der Waals surface area (Å²) >= 11 is 0. The molecule has 196 valence electrons. The first-order valence-electron chi connectivity index (χ1n) is 13.7. The molecule has 3 aliphatic rings. The van der Waals surface area contributed by atoms with Crippen molar-refractivity contribution < 1.29 is 0 Å². The van der Waals surface area contributed by atoms with Gasteiger partial charge in [-0.25, -0.2) is 0 Å². The number of hydrogen-bond donors (Lipinski definition) is 0. The number of hydrogen-bond acceptors (Lipinski definition) is 6. The van der Waals surface area contributed by atoms with Crippen LogP contribution < -0.4 is 9.80 Å². The Balaban J connectivity index is 1.62. The van der Waals surface area contributed by atoms with Crippen molar-refractivity contribution in [1.29, 1.82) is 10.5 Å². The first kappa shape index (κ1) is 25.7. The number of anilines is 2. The summed E-state index contributed by atoms with van der Waals surface area (Å²) < 4.78 is 0. The molecule has 0 aromatic heterocycles. The summed E-state index contributed by atoms with van der Waals surface area (Å²) in [6.07, 6.45) is 12.8. The molecule has 3 heterocycles. The van der Waals surface area contributed by atoms with Gasteiger partial charge in [0, 0.05) is 61.1 Å². The van der Waals surface area contributed by atoms with Crippen LogP contribution >= 0.6 is 0 Å². The lowest BCUT2D eigenvalue weighted by Gasteiger charge is -2.60. The van der Waals surface area contributed by atoms with Gasteiger partial charge < -0.3 is 19.6 Å². The fraction of sp³-hybridized carbons (Fsp3) is 0.438. The van der Waals surface area contributed by atoms with Gasteiger partial charge in [-0.3, -0.25) is 0 Å². The SMILES string of the molecule is CCC1(C)c2cc(C#N)ccc2N2C=CN(C)C2C1(CC)CCc1cc(C#N)ccc1N1C=CN(C)C1C. The van der Waals surface area contributed by atoms with Crippen molar-refractivity contribution in [2.45, 2.75) is 71.1 Å². The molecule has 0 N–H and O–H groups in total. The lowest BCUT2D eigenvalue weighted by atomic mass is 9.52. The monoisotopic (exact) mass is 506 g/mol. The van der Waals surface area contributed by atoms with Crippen molar-refractivity contribution in [1.82, 2.24) is 9.80 Å². The Morgan fingerprint density at radius 1 is 0.816 bits per heavy atom. The van der Waals surface area contributed by atoms with Crippen LogP contribution in [-0.2, 0) is 11.8 Å². The molecule has 6 nitrogen and oxygen atoms in total. The van der Waals surface area contributed by atoms with E-state index in [1.807, 2.05) is 12.1 Å². The first-order valence-corrected chi connectivity index (χ1v) is 13.7. The number of aryl methyl sites for hydroxylation is 1. The number of nitriles is 2. The van der Waals surface area contributed by atoms with Crippen molar-refractivity contribution >= 4 is 11.4 Å². The Labute approximate surface area is 227 Å². The Kier molecular flexibility index (Phi) is 6.40. The molecule has 2 aromatic carbocycles. The molecule has 4 unspecified atom stereocenters. The zero-order valence-corrected chi connectivity index (χ0v) is 23.4. The average molecular weight is 507 g/mol. The molecule has 38 heavy (non-hydrogen) atoms. The van der Waals surface area contributed by atoms with Crippen LogP contribution in [0.25, 0.3) is 0 Å². The molecule has 5 rings (SSSR count). The van der Waals surface area contributed by atoms with Crippen molar-refractivity contribution in [3.8, 4) is 12.1 Å². The standard InChI is InChI=1S/C32H38N6/c1-7-31(4)27-20-25(22-34)10-12-29(27)38-18-16-36(6)30(38)32(31,8-2)14-13-26-19-24(21-33)9-11-28(26)37-17-15-35(5)23(37)3/h9-12,15-20,23,30H,7-8,13-14H2,1-6H3. The molecule has 0 saturated heterocycles. The molecule has 0 aliphatic carbocycles. The molecule has 0 spiro atoms. The van der Waals surface area contributed by atoms with Crippen LogP contribution in [0.2, 0.25) is 0 Å². The van der Waals surface area contributed by atoms with E-state index in [4.69, 9.17) is 0 Å². The highest BCUT2D eigenvalue weighted by Gasteiger charge is 2.59. The summed E-state index contributed by atoms with van der Waals surface area (Å²) in [4.78, 5) is 9.29. The molecule has 0 amide bonds. The van der Waals surface area contributed by atoms with Gasteiger partial charge in [-0.1, -0.05) is 20.8 Å². The van der Waals surface area contributed by atoms with Crippen molar-refractivity contribution in [3.63, 3.8) is 0 Å². The number of benzene rings is 2. The molecule has 0 fully saturated rings. The Morgan fingerprint density at radius 3 is 2.05 bits per heavy atom. The summed E-state index contributed by atoms with van der Waals surface area (Å²) in [5, 5.41) is 19.5. The normalized spacial score (nSPS) is 27.4. The summed E-state index contributed by atoms with van der Waals surface area (Å²) in [5.74, 6) is 0. The molecular weight excluding hydrogens is 468 g/mol. The largest absolute Gasteiger partial charge is 0.359 e. The Hall–Kier alpha value is -3.90. The van der Waals surface area contributed by atoms with Crippen molar-refractivity contribution in [3.05, 3.63) is 83.5 Å². The van der Waals surface area contributed by atoms with E-state index in [1.54, 1.807) is 0 Å². The lowest BCUT2D eigenvalue weighted by Crippen LogP contribution is -2.63. The van der Waals surface area contributed by atoms with E-state index in [0.717, 1.165) is 25.7 Å². The van der Waals surface area contributed by atoms with Gasteiger partial charge >= 0.3 is 0 Å². The molecular formula is C32H38N6. The number of fused-ring (bicyclic) bond motifs is 3. The van der Waals surface area contributed by atoms with Crippen LogP contribution in [-0.4, -0.2) is 36.2 Å². The lowest BCUT2D eigenvalue weighted by molar-refractivity contribution is 0.0127. The maximum Gasteiger partial charge on any atom is 0.112 e.